The van der Waals surface area contributed by atoms with Gasteiger partial charge in [-0.1, -0.05) is 23.2 Å². The van der Waals surface area contributed by atoms with Gasteiger partial charge in [0.2, 0.25) is 0 Å². The molecule has 19 heavy (non-hydrogen) atoms. The van der Waals surface area contributed by atoms with E-state index in [1.165, 1.54) is 10.6 Å². The number of aryl methyl sites for hydroxylation is 1. The molecule has 1 heterocycles. The maximum atomic E-state index is 11.9. The van der Waals surface area contributed by atoms with Crippen LogP contribution in [0.25, 0.3) is 0 Å². The SMILES string of the molecule is COc1ccc(Cl)cc1Cn1c(C)nc(Cl)cc1=O. The lowest BCUT2D eigenvalue weighted by Gasteiger charge is -2.12. The number of hydrogen-bond acceptors (Lipinski definition) is 3. The number of aromatic nitrogens is 2. The minimum Gasteiger partial charge on any atom is -0.496 e. The van der Waals surface area contributed by atoms with Crippen LogP contribution in [0, 0.1) is 6.92 Å². The molecule has 0 saturated carbocycles. The van der Waals surface area contributed by atoms with Crippen molar-refractivity contribution < 1.29 is 4.74 Å². The molecule has 0 aliphatic carbocycles. The van der Waals surface area contributed by atoms with Gasteiger partial charge < -0.3 is 4.74 Å². The summed E-state index contributed by atoms with van der Waals surface area (Å²) in [5.74, 6) is 1.21. The molecule has 0 atom stereocenters. The first-order valence-electron chi connectivity index (χ1n) is 5.57. The Balaban J connectivity index is 2.47. The normalized spacial score (nSPS) is 10.5. The number of rotatable bonds is 3. The van der Waals surface area contributed by atoms with E-state index in [-0.39, 0.29) is 10.7 Å². The average Bonchev–Trinajstić information content (AvgIpc) is 2.34. The maximum absolute atomic E-state index is 11.9. The zero-order valence-electron chi connectivity index (χ0n) is 10.5. The molecule has 0 spiro atoms. The Hall–Kier alpha value is -1.52. The predicted octanol–water partition coefficient (Wildman–Crippen LogP) is 2.92. The molecule has 0 radical (unpaired) electrons. The second-order valence-corrected chi connectivity index (χ2v) is 4.83. The molecule has 0 N–H and O–H groups in total. The predicted molar refractivity (Wildman–Crippen MR) is 75.4 cm³/mol. The van der Waals surface area contributed by atoms with E-state index in [2.05, 4.69) is 4.98 Å². The van der Waals surface area contributed by atoms with E-state index in [0.29, 0.717) is 23.1 Å². The van der Waals surface area contributed by atoms with Crippen LogP contribution in [0.3, 0.4) is 0 Å². The highest BCUT2D eigenvalue weighted by Gasteiger charge is 2.09. The van der Waals surface area contributed by atoms with E-state index in [9.17, 15) is 4.79 Å². The second kappa shape index (κ2) is 5.63. The summed E-state index contributed by atoms with van der Waals surface area (Å²) in [6, 6.07) is 6.55. The van der Waals surface area contributed by atoms with Crippen molar-refractivity contribution in [1.82, 2.24) is 9.55 Å². The fourth-order valence-corrected chi connectivity index (χ4v) is 2.23. The molecule has 2 aromatic rings. The largest absolute Gasteiger partial charge is 0.496 e. The molecule has 0 saturated heterocycles. The highest BCUT2D eigenvalue weighted by Crippen LogP contribution is 2.23. The van der Waals surface area contributed by atoms with Crippen molar-refractivity contribution in [3.05, 3.63) is 56.2 Å². The molecule has 0 aliphatic heterocycles. The Labute approximate surface area is 120 Å². The number of halogens is 2. The summed E-state index contributed by atoms with van der Waals surface area (Å²) in [4.78, 5) is 16.0. The van der Waals surface area contributed by atoms with Crippen LogP contribution in [0.1, 0.15) is 11.4 Å². The first kappa shape index (κ1) is 13.9. The minimum atomic E-state index is -0.209. The van der Waals surface area contributed by atoms with Crippen LogP contribution in [-0.2, 0) is 6.54 Å². The van der Waals surface area contributed by atoms with Gasteiger partial charge in [0.05, 0.1) is 13.7 Å². The summed E-state index contributed by atoms with van der Waals surface area (Å²) in [6.07, 6.45) is 0. The van der Waals surface area contributed by atoms with Crippen LogP contribution in [0.4, 0.5) is 0 Å². The van der Waals surface area contributed by atoms with Crippen molar-refractivity contribution in [1.29, 1.82) is 0 Å². The summed E-state index contributed by atoms with van der Waals surface area (Å²) in [5.41, 5.74) is 0.601. The summed E-state index contributed by atoms with van der Waals surface area (Å²) >= 11 is 11.7. The number of hydrogen-bond donors (Lipinski definition) is 0. The molecule has 6 heteroatoms. The zero-order chi connectivity index (χ0) is 14.0. The van der Waals surface area contributed by atoms with Gasteiger partial charge >= 0.3 is 0 Å². The van der Waals surface area contributed by atoms with Crippen LogP contribution in [0.2, 0.25) is 10.2 Å². The molecular formula is C13H12Cl2N2O2. The molecule has 0 amide bonds. The molecule has 4 nitrogen and oxygen atoms in total. The first-order chi connectivity index (χ1) is 9.01. The fraction of sp³-hybridized carbons (Fsp3) is 0.231. The summed E-state index contributed by atoms with van der Waals surface area (Å²) in [5, 5.41) is 0.778. The van der Waals surface area contributed by atoms with Gasteiger partial charge in [0.15, 0.2) is 0 Å². The van der Waals surface area contributed by atoms with E-state index >= 15 is 0 Å². The smallest absolute Gasteiger partial charge is 0.255 e. The Morgan fingerprint density at radius 1 is 1.32 bits per heavy atom. The van der Waals surface area contributed by atoms with Crippen molar-refractivity contribution in [3.63, 3.8) is 0 Å². The summed E-state index contributed by atoms with van der Waals surface area (Å²) in [7, 11) is 1.57. The second-order valence-electron chi connectivity index (χ2n) is 4.01. The molecule has 1 aromatic heterocycles. The molecule has 0 unspecified atom stereocenters. The Kier molecular flexibility index (Phi) is 4.12. The molecule has 0 fully saturated rings. The third-order valence-corrected chi connectivity index (χ3v) is 3.17. The number of ether oxygens (including phenoxy) is 1. The number of nitrogens with zero attached hydrogens (tertiary/aromatic N) is 2. The van der Waals surface area contributed by atoms with Gasteiger partial charge in [0.1, 0.15) is 16.7 Å². The highest BCUT2D eigenvalue weighted by atomic mass is 35.5. The van der Waals surface area contributed by atoms with Crippen LogP contribution in [0.5, 0.6) is 5.75 Å². The number of benzene rings is 1. The quantitative estimate of drug-likeness (QED) is 0.819. The third-order valence-electron chi connectivity index (χ3n) is 2.74. The van der Waals surface area contributed by atoms with E-state index < -0.39 is 0 Å². The Morgan fingerprint density at radius 3 is 2.68 bits per heavy atom. The highest BCUT2D eigenvalue weighted by molar-refractivity contribution is 6.30. The van der Waals surface area contributed by atoms with Crippen molar-refractivity contribution in [2.45, 2.75) is 13.5 Å². The Morgan fingerprint density at radius 2 is 2.05 bits per heavy atom. The monoisotopic (exact) mass is 298 g/mol. The summed E-state index contributed by atoms with van der Waals surface area (Å²) < 4.78 is 6.77. The van der Waals surface area contributed by atoms with Crippen LogP contribution >= 0.6 is 23.2 Å². The maximum Gasteiger partial charge on any atom is 0.255 e. The topological polar surface area (TPSA) is 44.1 Å². The lowest BCUT2D eigenvalue weighted by molar-refractivity contribution is 0.408. The van der Waals surface area contributed by atoms with Gasteiger partial charge in [0.25, 0.3) is 5.56 Å². The molecule has 100 valence electrons. The molecule has 0 aliphatic rings. The lowest BCUT2D eigenvalue weighted by Crippen LogP contribution is -2.23. The minimum absolute atomic E-state index is 0.191. The van der Waals surface area contributed by atoms with E-state index in [1.807, 2.05) is 0 Å². The van der Waals surface area contributed by atoms with E-state index in [4.69, 9.17) is 27.9 Å². The molecule has 1 aromatic carbocycles. The van der Waals surface area contributed by atoms with Crippen LogP contribution in [-0.4, -0.2) is 16.7 Å². The van der Waals surface area contributed by atoms with Crippen molar-refractivity contribution in [3.8, 4) is 5.75 Å². The lowest BCUT2D eigenvalue weighted by atomic mass is 10.2. The molecule has 0 bridgehead atoms. The Bertz CT molecular complexity index is 668. The standard InChI is InChI=1S/C13H12Cl2N2O2/c1-8-16-12(15)6-13(18)17(8)7-9-5-10(14)3-4-11(9)19-2/h3-6H,7H2,1-2H3. The fourth-order valence-electron chi connectivity index (χ4n) is 1.82. The first-order valence-corrected chi connectivity index (χ1v) is 6.33. The van der Waals surface area contributed by atoms with Gasteiger partial charge in [-0.15, -0.1) is 0 Å². The van der Waals surface area contributed by atoms with E-state index in [0.717, 1.165) is 5.56 Å². The number of methoxy groups -OCH3 is 1. The van der Waals surface area contributed by atoms with Crippen molar-refractivity contribution >= 4 is 23.2 Å². The molecular weight excluding hydrogens is 287 g/mol. The average molecular weight is 299 g/mol. The molecule has 2 rings (SSSR count). The van der Waals surface area contributed by atoms with Gasteiger partial charge in [-0.25, -0.2) is 4.98 Å². The summed E-state index contributed by atoms with van der Waals surface area (Å²) in [6.45, 7) is 2.06. The van der Waals surface area contributed by atoms with Gasteiger partial charge in [0, 0.05) is 16.7 Å². The third kappa shape index (κ3) is 3.08. The van der Waals surface area contributed by atoms with E-state index in [1.54, 1.807) is 32.2 Å². The van der Waals surface area contributed by atoms with Gasteiger partial charge in [-0.05, 0) is 25.1 Å². The zero-order valence-corrected chi connectivity index (χ0v) is 12.0. The van der Waals surface area contributed by atoms with Crippen molar-refractivity contribution in [2.24, 2.45) is 0 Å². The van der Waals surface area contributed by atoms with Gasteiger partial charge in [-0.3, -0.25) is 9.36 Å². The van der Waals surface area contributed by atoms with Crippen LogP contribution < -0.4 is 10.3 Å². The van der Waals surface area contributed by atoms with Gasteiger partial charge in [-0.2, -0.15) is 0 Å². The van der Waals surface area contributed by atoms with Crippen molar-refractivity contribution in [2.75, 3.05) is 7.11 Å². The van der Waals surface area contributed by atoms with Crippen LogP contribution in [0.15, 0.2) is 29.1 Å².